The lowest BCUT2D eigenvalue weighted by Crippen LogP contribution is -2.30. The first-order valence-corrected chi connectivity index (χ1v) is 5.83. The zero-order chi connectivity index (χ0) is 13.0. The number of para-hydroxylation sites is 1. The van der Waals surface area contributed by atoms with Crippen molar-refractivity contribution < 1.29 is 4.39 Å². The Balaban J connectivity index is 2.94. The smallest absolute Gasteiger partial charge is 0.146 e. The molecule has 0 bridgehead atoms. The molecule has 0 spiro atoms. The van der Waals surface area contributed by atoms with Crippen LogP contribution in [0.15, 0.2) is 18.2 Å². The van der Waals surface area contributed by atoms with Crippen molar-refractivity contribution in [2.45, 2.75) is 13.0 Å². The van der Waals surface area contributed by atoms with E-state index in [2.05, 4.69) is 4.90 Å². The summed E-state index contributed by atoms with van der Waals surface area (Å²) >= 11 is 0. The Labute approximate surface area is 103 Å². The Hall–Kier alpha value is -1.13. The maximum atomic E-state index is 13.9. The third kappa shape index (κ3) is 3.68. The van der Waals surface area contributed by atoms with Crippen LogP contribution >= 0.6 is 0 Å². The Kier molecular flexibility index (Phi) is 4.90. The fourth-order valence-electron chi connectivity index (χ4n) is 1.76. The van der Waals surface area contributed by atoms with Crippen LogP contribution in [0.2, 0.25) is 0 Å². The van der Waals surface area contributed by atoms with Crippen molar-refractivity contribution in [3.8, 4) is 0 Å². The van der Waals surface area contributed by atoms with E-state index in [1.54, 1.807) is 6.07 Å². The van der Waals surface area contributed by atoms with Crippen molar-refractivity contribution in [2.75, 3.05) is 39.1 Å². The average molecular weight is 239 g/mol. The van der Waals surface area contributed by atoms with E-state index in [1.165, 1.54) is 6.07 Å². The number of nitrogens with two attached hydrogens (primary N) is 1. The molecule has 96 valence electrons. The zero-order valence-electron chi connectivity index (χ0n) is 11.1. The Bertz CT molecular complexity index is 364. The lowest BCUT2D eigenvalue weighted by atomic mass is 10.1. The highest BCUT2D eigenvalue weighted by Gasteiger charge is 2.15. The summed E-state index contributed by atoms with van der Waals surface area (Å²) in [4.78, 5) is 4.00. The SMILES string of the molecule is CC(N)c1cccc(F)c1N(C)CCN(C)C. The maximum absolute atomic E-state index is 13.9. The summed E-state index contributed by atoms with van der Waals surface area (Å²) in [6, 6.07) is 4.91. The molecule has 0 radical (unpaired) electrons. The summed E-state index contributed by atoms with van der Waals surface area (Å²) in [5.41, 5.74) is 7.34. The number of hydrogen-bond donors (Lipinski definition) is 1. The van der Waals surface area contributed by atoms with Crippen LogP contribution in [0.3, 0.4) is 0 Å². The second-order valence-electron chi connectivity index (χ2n) is 4.69. The highest BCUT2D eigenvalue weighted by atomic mass is 19.1. The highest BCUT2D eigenvalue weighted by Crippen LogP contribution is 2.27. The van der Waals surface area contributed by atoms with Gasteiger partial charge in [-0.25, -0.2) is 4.39 Å². The van der Waals surface area contributed by atoms with E-state index in [4.69, 9.17) is 5.73 Å². The van der Waals surface area contributed by atoms with Crippen LogP contribution in [0, 0.1) is 5.82 Å². The predicted molar refractivity (Wildman–Crippen MR) is 70.8 cm³/mol. The first kappa shape index (κ1) is 13.9. The van der Waals surface area contributed by atoms with Crippen LogP contribution in [0.1, 0.15) is 18.5 Å². The van der Waals surface area contributed by atoms with Crippen molar-refractivity contribution in [1.82, 2.24) is 4.90 Å². The molecule has 17 heavy (non-hydrogen) atoms. The van der Waals surface area contributed by atoms with E-state index < -0.39 is 0 Å². The minimum atomic E-state index is -0.207. The van der Waals surface area contributed by atoms with Crippen LogP contribution in [-0.4, -0.2) is 39.1 Å². The molecule has 0 amide bonds. The van der Waals surface area contributed by atoms with Crippen LogP contribution in [-0.2, 0) is 0 Å². The van der Waals surface area contributed by atoms with Gasteiger partial charge < -0.3 is 15.5 Å². The van der Waals surface area contributed by atoms with Crippen molar-refractivity contribution in [3.63, 3.8) is 0 Å². The fourth-order valence-corrected chi connectivity index (χ4v) is 1.76. The van der Waals surface area contributed by atoms with Crippen molar-refractivity contribution >= 4 is 5.69 Å². The molecule has 0 saturated heterocycles. The number of anilines is 1. The van der Waals surface area contributed by atoms with Gasteiger partial charge in [-0.1, -0.05) is 12.1 Å². The molecule has 0 aliphatic rings. The van der Waals surface area contributed by atoms with Crippen LogP contribution in [0.4, 0.5) is 10.1 Å². The lowest BCUT2D eigenvalue weighted by Gasteiger charge is -2.25. The summed E-state index contributed by atoms with van der Waals surface area (Å²) in [7, 11) is 5.90. The predicted octanol–water partition coefficient (Wildman–Crippen LogP) is 1.84. The standard InChI is InChI=1S/C13H22FN3/c1-10(15)11-6-5-7-12(14)13(11)17(4)9-8-16(2)3/h5-7,10H,8-9,15H2,1-4H3. The first-order valence-electron chi connectivity index (χ1n) is 5.83. The van der Waals surface area contributed by atoms with Gasteiger partial charge in [-0.15, -0.1) is 0 Å². The molecule has 0 aliphatic heterocycles. The molecule has 1 rings (SSSR count). The van der Waals surface area contributed by atoms with Crippen molar-refractivity contribution in [3.05, 3.63) is 29.6 Å². The quantitative estimate of drug-likeness (QED) is 0.851. The van der Waals surface area contributed by atoms with Gasteiger partial charge in [0.2, 0.25) is 0 Å². The molecule has 0 fully saturated rings. The number of halogens is 1. The van der Waals surface area contributed by atoms with Gasteiger partial charge >= 0.3 is 0 Å². The zero-order valence-corrected chi connectivity index (χ0v) is 11.1. The molecule has 0 saturated carbocycles. The van der Waals surface area contributed by atoms with E-state index in [0.29, 0.717) is 5.69 Å². The molecule has 1 aromatic carbocycles. The number of nitrogens with zero attached hydrogens (tertiary/aromatic N) is 2. The molecule has 0 heterocycles. The summed E-state index contributed by atoms with van der Waals surface area (Å²) in [6.45, 7) is 3.52. The van der Waals surface area contributed by atoms with Crippen LogP contribution in [0.25, 0.3) is 0 Å². The molecule has 2 N–H and O–H groups in total. The normalized spacial score (nSPS) is 12.9. The summed E-state index contributed by atoms with van der Waals surface area (Å²) in [5.74, 6) is -0.207. The van der Waals surface area contributed by atoms with E-state index >= 15 is 0 Å². The van der Waals surface area contributed by atoms with Crippen LogP contribution < -0.4 is 10.6 Å². The van der Waals surface area contributed by atoms with Gasteiger partial charge in [-0.2, -0.15) is 0 Å². The van der Waals surface area contributed by atoms with E-state index in [9.17, 15) is 4.39 Å². The maximum Gasteiger partial charge on any atom is 0.146 e. The van der Waals surface area contributed by atoms with Crippen molar-refractivity contribution in [1.29, 1.82) is 0 Å². The fraction of sp³-hybridized carbons (Fsp3) is 0.538. The number of benzene rings is 1. The molecule has 4 heteroatoms. The Morgan fingerprint density at radius 3 is 2.41 bits per heavy atom. The summed E-state index contributed by atoms with van der Waals surface area (Å²) < 4.78 is 13.9. The number of likely N-dealkylation sites (N-methyl/N-ethyl adjacent to an activating group) is 2. The minimum absolute atomic E-state index is 0.164. The van der Waals surface area contributed by atoms with Gasteiger partial charge in [-0.05, 0) is 32.6 Å². The van der Waals surface area contributed by atoms with E-state index in [-0.39, 0.29) is 11.9 Å². The third-order valence-electron chi connectivity index (χ3n) is 2.77. The largest absolute Gasteiger partial charge is 0.371 e. The Morgan fingerprint density at radius 1 is 1.24 bits per heavy atom. The van der Waals surface area contributed by atoms with Gasteiger partial charge in [0, 0.05) is 26.2 Å². The van der Waals surface area contributed by atoms with Crippen molar-refractivity contribution in [2.24, 2.45) is 5.73 Å². The van der Waals surface area contributed by atoms with E-state index in [1.807, 2.05) is 39.0 Å². The highest BCUT2D eigenvalue weighted by molar-refractivity contribution is 5.55. The van der Waals surface area contributed by atoms with Crippen LogP contribution in [0.5, 0.6) is 0 Å². The number of hydrogen-bond acceptors (Lipinski definition) is 3. The molecular formula is C13H22FN3. The van der Waals surface area contributed by atoms with Gasteiger partial charge in [0.25, 0.3) is 0 Å². The average Bonchev–Trinajstić information content (AvgIpc) is 2.25. The molecule has 1 aromatic rings. The third-order valence-corrected chi connectivity index (χ3v) is 2.77. The summed E-state index contributed by atoms with van der Waals surface area (Å²) in [5, 5.41) is 0. The molecule has 1 unspecified atom stereocenters. The second kappa shape index (κ2) is 5.98. The Morgan fingerprint density at radius 2 is 1.88 bits per heavy atom. The number of rotatable bonds is 5. The molecule has 0 aromatic heterocycles. The van der Waals surface area contributed by atoms with E-state index in [0.717, 1.165) is 18.7 Å². The van der Waals surface area contributed by atoms with Gasteiger partial charge in [0.05, 0.1) is 5.69 Å². The topological polar surface area (TPSA) is 32.5 Å². The molecule has 1 atom stereocenters. The minimum Gasteiger partial charge on any atom is -0.371 e. The lowest BCUT2D eigenvalue weighted by molar-refractivity contribution is 0.415. The molecular weight excluding hydrogens is 217 g/mol. The molecule has 3 nitrogen and oxygen atoms in total. The molecule has 0 aliphatic carbocycles. The first-order chi connectivity index (χ1) is 7.93. The van der Waals surface area contributed by atoms with Gasteiger partial charge in [0.1, 0.15) is 5.82 Å². The monoisotopic (exact) mass is 239 g/mol. The van der Waals surface area contributed by atoms with Gasteiger partial charge in [-0.3, -0.25) is 0 Å². The second-order valence-corrected chi connectivity index (χ2v) is 4.69. The van der Waals surface area contributed by atoms with Gasteiger partial charge in [0.15, 0.2) is 0 Å². The summed E-state index contributed by atoms with van der Waals surface area (Å²) in [6.07, 6.45) is 0.